The van der Waals surface area contributed by atoms with Crippen molar-refractivity contribution < 1.29 is 14.7 Å². The third-order valence-corrected chi connectivity index (χ3v) is 3.41. The summed E-state index contributed by atoms with van der Waals surface area (Å²) in [5.74, 6) is -0.0507. The standard InChI is InChI=1S/C13H23NO3/c1-10-8-13(2,3)14(9-10)11(15)6-4-5-7-12(16)17/h10H,4-9H2,1-3H3,(H,16,17). The van der Waals surface area contributed by atoms with Crippen molar-refractivity contribution in [1.29, 1.82) is 0 Å². The highest BCUT2D eigenvalue weighted by molar-refractivity contribution is 5.77. The highest BCUT2D eigenvalue weighted by Crippen LogP contribution is 2.32. The Hall–Kier alpha value is -1.06. The SMILES string of the molecule is CC1CN(C(=O)CCCCC(=O)O)C(C)(C)C1. The molecule has 4 heteroatoms. The molecule has 0 aromatic heterocycles. The van der Waals surface area contributed by atoms with Crippen LogP contribution in [0.3, 0.4) is 0 Å². The van der Waals surface area contributed by atoms with Gasteiger partial charge in [-0.15, -0.1) is 0 Å². The van der Waals surface area contributed by atoms with E-state index in [2.05, 4.69) is 20.8 Å². The number of unbranched alkanes of at least 4 members (excludes halogenated alkanes) is 1. The van der Waals surface area contributed by atoms with Gasteiger partial charge in [0.25, 0.3) is 0 Å². The molecule has 0 radical (unpaired) electrons. The van der Waals surface area contributed by atoms with Gasteiger partial charge in [-0.1, -0.05) is 6.92 Å². The smallest absolute Gasteiger partial charge is 0.303 e. The molecule has 1 aliphatic heterocycles. The van der Waals surface area contributed by atoms with E-state index in [1.807, 2.05) is 4.90 Å². The second-order valence-corrected chi connectivity index (χ2v) is 5.73. The maximum absolute atomic E-state index is 12.0. The van der Waals surface area contributed by atoms with Gasteiger partial charge in [-0.05, 0) is 39.0 Å². The van der Waals surface area contributed by atoms with Gasteiger partial charge in [0, 0.05) is 24.9 Å². The maximum atomic E-state index is 12.0. The molecule has 0 aliphatic carbocycles. The normalized spacial score (nSPS) is 22.8. The largest absolute Gasteiger partial charge is 0.481 e. The Kier molecular flexibility index (Phi) is 4.54. The number of hydrogen-bond acceptors (Lipinski definition) is 2. The molecule has 1 fully saturated rings. The van der Waals surface area contributed by atoms with Crippen molar-refractivity contribution in [3.63, 3.8) is 0 Å². The van der Waals surface area contributed by atoms with E-state index in [0.717, 1.165) is 13.0 Å². The van der Waals surface area contributed by atoms with Gasteiger partial charge in [0.05, 0.1) is 0 Å². The summed E-state index contributed by atoms with van der Waals surface area (Å²) in [5, 5.41) is 8.51. The molecule has 1 amide bonds. The molecule has 0 aromatic carbocycles. The van der Waals surface area contributed by atoms with Crippen LogP contribution in [0, 0.1) is 5.92 Å². The molecule has 0 saturated carbocycles. The number of amides is 1. The van der Waals surface area contributed by atoms with Crippen molar-refractivity contribution in [1.82, 2.24) is 4.90 Å². The molecule has 1 atom stereocenters. The number of carbonyl (C=O) groups is 2. The number of rotatable bonds is 5. The van der Waals surface area contributed by atoms with Gasteiger partial charge in [0.2, 0.25) is 5.91 Å². The van der Waals surface area contributed by atoms with Crippen LogP contribution in [0.5, 0.6) is 0 Å². The summed E-state index contributed by atoms with van der Waals surface area (Å²) in [4.78, 5) is 24.3. The van der Waals surface area contributed by atoms with E-state index in [-0.39, 0.29) is 17.9 Å². The molecule has 98 valence electrons. The van der Waals surface area contributed by atoms with Crippen LogP contribution in [0.15, 0.2) is 0 Å². The maximum Gasteiger partial charge on any atom is 0.303 e. The minimum atomic E-state index is -0.785. The van der Waals surface area contributed by atoms with E-state index in [1.165, 1.54) is 0 Å². The number of aliphatic carboxylic acids is 1. The van der Waals surface area contributed by atoms with E-state index in [4.69, 9.17) is 5.11 Å². The first-order valence-corrected chi connectivity index (χ1v) is 6.35. The van der Waals surface area contributed by atoms with Gasteiger partial charge >= 0.3 is 5.97 Å². The summed E-state index contributed by atoms with van der Waals surface area (Å²) in [6.07, 6.45) is 2.95. The topological polar surface area (TPSA) is 57.6 Å². The van der Waals surface area contributed by atoms with Crippen LogP contribution < -0.4 is 0 Å². The van der Waals surface area contributed by atoms with Crippen molar-refractivity contribution in [3.8, 4) is 0 Å². The lowest BCUT2D eigenvalue weighted by Crippen LogP contribution is -2.42. The Balaban J connectivity index is 2.35. The van der Waals surface area contributed by atoms with Crippen molar-refractivity contribution in [3.05, 3.63) is 0 Å². The lowest BCUT2D eigenvalue weighted by Gasteiger charge is -2.31. The van der Waals surface area contributed by atoms with E-state index < -0.39 is 5.97 Å². The summed E-state index contributed by atoms with van der Waals surface area (Å²) in [6.45, 7) is 7.21. The molecule has 1 heterocycles. The monoisotopic (exact) mass is 241 g/mol. The summed E-state index contributed by atoms with van der Waals surface area (Å²) >= 11 is 0. The van der Waals surface area contributed by atoms with Crippen LogP contribution in [0.4, 0.5) is 0 Å². The zero-order valence-electron chi connectivity index (χ0n) is 11.0. The Bertz CT molecular complexity index is 299. The second kappa shape index (κ2) is 5.52. The number of hydrogen-bond donors (Lipinski definition) is 1. The summed E-state index contributed by atoms with van der Waals surface area (Å²) < 4.78 is 0. The summed E-state index contributed by atoms with van der Waals surface area (Å²) in [7, 11) is 0. The molecule has 1 aliphatic rings. The molecule has 0 bridgehead atoms. The third kappa shape index (κ3) is 4.02. The van der Waals surface area contributed by atoms with Crippen molar-refractivity contribution in [2.24, 2.45) is 5.92 Å². The molecule has 0 spiro atoms. The molecule has 1 saturated heterocycles. The Morgan fingerprint density at radius 2 is 1.88 bits per heavy atom. The number of likely N-dealkylation sites (tertiary alicyclic amines) is 1. The Labute approximate surface area is 103 Å². The predicted molar refractivity (Wildman–Crippen MR) is 65.7 cm³/mol. The quantitative estimate of drug-likeness (QED) is 0.751. The third-order valence-electron chi connectivity index (χ3n) is 3.41. The van der Waals surface area contributed by atoms with Gasteiger partial charge in [0.15, 0.2) is 0 Å². The average molecular weight is 241 g/mol. The van der Waals surface area contributed by atoms with Crippen molar-refractivity contribution >= 4 is 11.9 Å². The highest BCUT2D eigenvalue weighted by Gasteiger charge is 2.38. The van der Waals surface area contributed by atoms with E-state index in [0.29, 0.717) is 25.2 Å². The van der Waals surface area contributed by atoms with Crippen LogP contribution in [-0.2, 0) is 9.59 Å². The predicted octanol–water partition coefficient (Wildman–Crippen LogP) is 2.28. The first-order valence-electron chi connectivity index (χ1n) is 6.35. The number of nitrogens with zero attached hydrogens (tertiary/aromatic N) is 1. The fourth-order valence-corrected chi connectivity index (χ4v) is 2.71. The van der Waals surface area contributed by atoms with Crippen molar-refractivity contribution in [2.75, 3.05) is 6.54 Å². The molecule has 0 aromatic rings. The van der Waals surface area contributed by atoms with Crippen LogP contribution in [0.2, 0.25) is 0 Å². The molecule has 1 N–H and O–H groups in total. The summed E-state index contributed by atoms with van der Waals surface area (Å²) in [5.41, 5.74) is -0.0384. The molecule has 4 nitrogen and oxygen atoms in total. The lowest BCUT2D eigenvalue weighted by atomic mass is 9.97. The molecule has 1 rings (SSSR count). The van der Waals surface area contributed by atoms with Gasteiger partial charge in [0.1, 0.15) is 0 Å². The molecular weight excluding hydrogens is 218 g/mol. The minimum absolute atomic E-state index is 0.0384. The fraction of sp³-hybridized carbons (Fsp3) is 0.846. The van der Waals surface area contributed by atoms with Gasteiger partial charge in [-0.25, -0.2) is 0 Å². The fourth-order valence-electron chi connectivity index (χ4n) is 2.71. The van der Waals surface area contributed by atoms with Crippen LogP contribution in [-0.4, -0.2) is 34.0 Å². The summed E-state index contributed by atoms with van der Waals surface area (Å²) in [6, 6.07) is 0. The van der Waals surface area contributed by atoms with E-state index in [1.54, 1.807) is 0 Å². The Morgan fingerprint density at radius 1 is 1.29 bits per heavy atom. The molecular formula is C13H23NO3. The number of carboxylic acids is 1. The average Bonchev–Trinajstić information content (AvgIpc) is 2.46. The number of carboxylic acid groups (broad SMARTS) is 1. The van der Waals surface area contributed by atoms with Crippen LogP contribution >= 0.6 is 0 Å². The van der Waals surface area contributed by atoms with Crippen LogP contribution in [0.25, 0.3) is 0 Å². The zero-order valence-corrected chi connectivity index (χ0v) is 11.0. The molecule has 17 heavy (non-hydrogen) atoms. The zero-order chi connectivity index (χ0) is 13.1. The van der Waals surface area contributed by atoms with Gasteiger partial charge in [-0.2, -0.15) is 0 Å². The highest BCUT2D eigenvalue weighted by atomic mass is 16.4. The first-order chi connectivity index (χ1) is 7.83. The lowest BCUT2D eigenvalue weighted by molar-refractivity contribution is -0.138. The number of carbonyl (C=O) groups excluding carboxylic acids is 1. The van der Waals surface area contributed by atoms with Gasteiger partial charge < -0.3 is 10.0 Å². The van der Waals surface area contributed by atoms with E-state index >= 15 is 0 Å². The molecule has 1 unspecified atom stereocenters. The van der Waals surface area contributed by atoms with Crippen molar-refractivity contribution in [2.45, 2.75) is 58.4 Å². The van der Waals surface area contributed by atoms with E-state index in [9.17, 15) is 9.59 Å². The van der Waals surface area contributed by atoms with Crippen LogP contribution in [0.1, 0.15) is 52.9 Å². The first kappa shape index (κ1) is 14.0. The Morgan fingerprint density at radius 3 is 2.35 bits per heavy atom. The van der Waals surface area contributed by atoms with Gasteiger partial charge in [-0.3, -0.25) is 9.59 Å². The minimum Gasteiger partial charge on any atom is -0.481 e. The second-order valence-electron chi connectivity index (χ2n) is 5.73.